The molecule has 0 N–H and O–H groups in total. The molecule has 0 unspecified atom stereocenters. The number of rotatable bonds is 4. The molecule has 0 aromatic heterocycles. The summed E-state index contributed by atoms with van der Waals surface area (Å²) >= 11 is 1.89. The van der Waals surface area contributed by atoms with Gasteiger partial charge in [0.1, 0.15) is 0 Å². The number of allylic oxidation sites excluding steroid dienone is 1. The van der Waals surface area contributed by atoms with Gasteiger partial charge in [-0.05, 0) is 78.4 Å². The van der Waals surface area contributed by atoms with Gasteiger partial charge in [0.15, 0.2) is 0 Å². The third-order valence-electron chi connectivity index (χ3n) is 5.34. The van der Waals surface area contributed by atoms with Gasteiger partial charge in [0.25, 0.3) is 0 Å². The van der Waals surface area contributed by atoms with Crippen LogP contribution < -0.4 is 0 Å². The monoisotopic (exact) mass is 261 g/mol. The smallest absolute Gasteiger partial charge is 0.0666 e. The molecular formula is C16H23NS. The Bertz CT molecular complexity index is 351. The maximum absolute atomic E-state index is 9.09. The molecule has 1 nitrogen and oxygen atoms in total. The molecule has 0 radical (unpaired) electrons. The molecule has 0 aliphatic heterocycles. The van der Waals surface area contributed by atoms with Crippen molar-refractivity contribution in [3.05, 3.63) is 11.0 Å². The fourth-order valence-electron chi connectivity index (χ4n) is 5.05. The second-order valence-electron chi connectivity index (χ2n) is 6.44. The fraction of sp³-hybridized carbons (Fsp3) is 0.812. The zero-order valence-electron chi connectivity index (χ0n) is 11.3. The molecule has 98 valence electrons. The van der Waals surface area contributed by atoms with E-state index in [1.165, 1.54) is 37.7 Å². The lowest BCUT2D eigenvalue weighted by molar-refractivity contribution is -0.0212. The summed E-state index contributed by atoms with van der Waals surface area (Å²) in [6.45, 7) is 2.20. The first kappa shape index (κ1) is 12.6. The zero-order valence-corrected chi connectivity index (χ0v) is 12.1. The SMILES string of the molecule is CCS/C=C(\CC#N)C1C2CC3CC(C2)CC1C3. The molecule has 0 amide bonds. The van der Waals surface area contributed by atoms with Crippen LogP contribution >= 0.6 is 11.8 Å². The first-order valence-corrected chi connectivity index (χ1v) is 8.54. The second-order valence-corrected chi connectivity index (χ2v) is 7.59. The molecule has 0 aromatic carbocycles. The minimum Gasteiger partial charge on any atom is -0.198 e. The van der Waals surface area contributed by atoms with E-state index in [1.807, 2.05) is 11.8 Å². The summed E-state index contributed by atoms with van der Waals surface area (Å²) in [5, 5.41) is 11.4. The highest BCUT2D eigenvalue weighted by Crippen LogP contribution is 2.58. The van der Waals surface area contributed by atoms with E-state index in [9.17, 15) is 0 Å². The van der Waals surface area contributed by atoms with Gasteiger partial charge >= 0.3 is 0 Å². The Morgan fingerprint density at radius 2 is 1.78 bits per heavy atom. The third kappa shape index (κ3) is 2.23. The molecule has 4 rings (SSSR count). The van der Waals surface area contributed by atoms with Gasteiger partial charge in [-0.15, -0.1) is 11.8 Å². The van der Waals surface area contributed by atoms with Crippen LogP contribution in [0.2, 0.25) is 0 Å². The molecular weight excluding hydrogens is 238 g/mol. The van der Waals surface area contributed by atoms with E-state index >= 15 is 0 Å². The van der Waals surface area contributed by atoms with Crippen molar-refractivity contribution in [1.29, 1.82) is 5.26 Å². The van der Waals surface area contributed by atoms with Crippen molar-refractivity contribution >= 4 is 11.8 Å². The fourth-order valence-corrected chi connectivity index (χ4v) is 5.67. The largest absolute Gasteiger partial charge is 0.198 e. The molecule has 0 spiro atoms. The predicted molar refractivity (Wildman–Crippen MR) is 77.0 cm³/mol. The Kier molecular flexibility index (Phi) is 3.71. The first-order chi connectivity index (χ1) is 8.81. The average Bonchev–Trinajstić information content (AvgIpc) is 2.34. The molecule has 4 aliphatic carbocycles. The van der Waals surface area contributed by atoms with Crippen molar-refractivity contribution in [1.82, 2.24) is 0 Å². The van der Waals surface area contributed by atoms with Crippen molar-refractivity contribution in [3.63, 3.8) is 0 Å². The van der Waals surface area contributed by atoms with E-state index in [2.05, 4.69) is 18.4 Å². The quantitative estimate of drug-likeness (QED) is 0.738. The lowest BCUT2D eigenvalue weighted by Crippen LogP contribution is -2.45. The number of nitrogens with zero attached hydrogens (tertiary/aromatic N) is 1. The predicted octanol–water partition coefficient (Wildman–Crippen LogP) is 4.61. The molecule has 0 saturated heterocycles. The number of hydrogen-bond donors (Lipinski definition) is 0. The summed E-state index contributed by atoms with van der Waals surface area (Å²) in [5.41, 5.74) is 1.47. The minimum absolute atomic E-state index is 0.667. The van der Waals surface area contributed by atoms with Gasteiger partial charge in [0.05, 0.1) is 12.5 Å². The summed E-state index contributed by atoms with van der Waals surface area (Å²) in [5.74, 6) is 5.78. The van der Waals surface area contributed by atoms with Gasteiger partial charge < -0.3 is 0 Å². The molecule has 4 saturated carbocycles. The average molecular weight is 261 g/mol. The Morgan fingerprint density at radius 1 is 1.17 bits per heavy atom. The molecule has 4 bridgehead atoms. The van der Waals surface area contributed by atoms with Crippen LogP contribution in [-0.2, 0) is 0 Å². The van der Waals surface area contributed by atoms with Crippen molar-refractivity contribution in [3.8, 4) is 6.07 Å². The number of thioether (sulfide) groups is 1. The molecule has 18 heavy (non-hydrogen) atoms. The number of hydrogen-bond acceptors (Lipinski definition) is 2. The van der Waals surface area contributed by atoms with Crippen LogP contribution in [0.15, 0.2) is 11.0 Å². The molecule has 4 aliphatic rings. The maximum Gasteiger partial charge on any atom is 0.0666 e. The highest BCUT2D eigenvalue weighted by atomic mass is 32.2. The second kappa shape index (κ2) is 5.29. The van der Waals surface area contributed by atoms with Crippen LogP contribution in [-0.4, -0.2) is 5.75 Å². The molecule has 4 fully saturated rings. The van der Waals surface area contributed by atoms with Crippen LogP contribution in [0.5, 0.6) is 0 Å². The van der Waals surface area contributed by atoms with Crippen molar-refractivity contribution in [2.45, 2.75) is 45.4 Å². The van der Waals surface area contributed by atoms with Crippen molar-refractivity contribution in [2.24, 2.45) is 29.6 Å². The summed E-state index contributed by atoms with van der Waals surface area (Å²) in [7, 11) is 0. The Hall–Kier alpha value is -0.420. The topological polar surface area (TPSA) is 23.8 Å². The Labute approximate surface area is 115 Å². The van der Waals surface area contributed by atoms with Gasteiger partial charge in [-0.3, -0.25) is 0 Å². The highest BCUT2D eigenvalue weighted by molar-refractivity contribution is 8.02. The lowest BCUT2D eigenvalue weighted by atomic mass is 9.50. The zero-order chi connectivity index (χ0) is 12.5. The molecule has 0 heterocycles. The van der Waals surface area contributed by atoms with E-state index in [0.29, 0.717) is 6.42 Å². The molecule has 0 aromatic rings. The van der Waals surface area contributed by atoms with Crippen LogP contribution in [0, 0.1) is 40.9 Å². The molecule has 0 atom stereocenters. The standard InChI is InChI=1S/C16H23NS/c1-2-18-10-13(3-4-17)16-14-6-11-5-12(8-14)9-15(16)7-11/h10-12,14-16H,2-3,5-9H2,1H3/b13-10+. The van der Waals surface area contributed by atoms with E-state index in [1.54, 1.807) is 0 Å². The van der Waals surface area contributed by atoms with Gasteiger partial charge in [-0.25, -0.2) is 0 Å². The Morgan fingerprint density at radius 3 is 2.28 bits per heavy atom. The maximum atomic E-state index is 9.09. The van der Waals surface area contributed by atoms with E-state index in [0.717, 1.165) is 35.3 Å². The van der Waals surface area contributed by atoms with E-state index < -0.39 is 0 Å². The molecule has 2 heteroatoms. The summed E-state index contributed by atoms with van der Waals surface area (Å²) in [6, 6.07) is 2.40. The first-order valence-electron chi connectivity index (χ1n) is 7.49. The normalized spacial score (nSPS) is 42.0. The minimum atomic E-state index is 0.667. The van der Waals surface area contributed by atoms with Crippen LogP contribution in [0.25, 0.3) is 0 Å². The van der Waals surface area contributed by atoms with Crippen LogP contribution in [0.4, 0.5) is 0 Å². The summed E-state index contributed by atoms with van der Waals surface area (Å²) in [6.07, 6.45) is 8.00. The number of nitriles is 1. The van der Waals surface area contributed by atoms with Crippen LogP contribution in [0.3, 0.4) is 0 Å². The van der Waals surface area contributed by atoms with Gasteiger partial charge in [-0.1, -0.05) is 6.92 Å². The van der Waals surface area contributed by atoms with Gasteiger partial charge in [-0.2, -0.15) is 5.26 Å². The Balaban J connectivity index is 1.80. The summed E-state index contributed by atoms with van der Waals surface area (Å²) in [4.78, 5) is 0. The van der Waals surface area contributed by atoms with Gasteiger partial charge in [0.2, 0.25) is 0 Å². The van der Waals surface area contributed by atoms with E-state index in [-0.39, 0.29) is 0 Å². The van der Waals surface area contributed by atoms with E-state index in [4.69, 9.17) is 5.26 Å². The third-order valence-corrected chi connectivity index (χ3v) is 6.14. The highest BCUT2D eigenvalue weighted by Gasteiger charge is 2.48. The van der Waals surface area contributed by atoms with Crippen molar-refractivity contribution in [2.75, 3.05) is 5.75 Å². The van der Waals surface area contributed by atoms with Crippen molar-refractivity contribution < 1.29 is 0 Å². The van der Waals surface area contributed by atoms with Gasteiger partial charge in [0, 0.05) is 0 Å². The van der Waals surface area contributed by atoms with Crippen LogP contribution in [0.1, 0.15) is 45.4 Å². The summed E-state index contributed by atoms with van der Waals surface area (Å²) < 4.78 is 0. The lowest BCUT2D eigenvalue weighted by Gasteiger charge is -2.55.